The molecule has 0 fully saturated rings. The highest BCUT2D eigenvalue weighted by Gasteiger charge is 2.20. The van der Waals surface area contributed by atoms with Gasteiger partial charge in [-0.05, 0) is 57.9 Å². The molecule has 20 heavy (non-hydrogen) atoms. The first-order valence-electron chi connectivity index (χ1n) is 5.97. The van der Waals surface area contributed by atoms with Crippen LogP contribution in [0.5, 0.6) is 0 Å². The van der Waals surface area contributed by atoms with E-state index in [1.165, 1.54) is 12.1 Å². The Hall–Kier alpha value is -2.01. The van der Waals surface area contributed by atoms with Crippen molar-refractivity contribution < 1.29 is 14.0 Å². The number of hydrogen-bond acceptors (Lipinski definition) is 2. The number of benzene rings is 2. The smallest absolute Gasteiger partial charge is 0.228 e. The molecule has 2 aromatic carbocycles. The molecule has 1 amide bonds. The van der Waals surface area contributed by atoms with Crippen molar-refractivity contribution in [3.63, 3.8) is 0 Å². The lowest BCUT2D eigenvalue weighted by Gasteiger charge is -2.05. The molecule has 2 aromatic rings. The van der Waals surface area contributed by atoms with Crippen molar-refractivity contribution in [3.05, 3.63) is 63.4 Å². The van der Waals surface area contributed by atoms with Crippen molar-refractivity contribution >= 4 is 33.3 Å². The first kappa shape index (κ1) is 13.0. The molecule has 0 radical (unpaired) electrons. The summed E-state index contributed by atoms with van der Waals surface area (Å²) in [6.45, 7) is 0. The maximum atomic E-state index is 13.5. The van der Waals surface area contributed by atoms with E-state index in [9.17, 15) is 14.0 Å². The number of nitrogens with one attached hydrogen (secondary N) is 1. The Morgan fingerprint density at radius 2 is 1.85 bits per heavy atom. The Bertz CT molecular complexity index is 743. The number of anilines is 1. The molecular weight excluding hydrogens is 325 g/mol. The van der Waals surface area contributed by atoms with Crippen molar-refractivity contribution in [2.45, 2.75) is 6.42 Å². The third-order valence-electron chi connectivity index (χ3n) is 3.17. The van der Waals surface area contributed by atoms with Crippen molar-refractivity contribution in [1.82, 2.24) is 0 Å². The van der Waals surface area contributed by atoms with E-state index in [-0.39, 0.29) is 23.7 Å². The van der Waals surface area contributed by atoms with E-state index in [0.29, 0.717) is 10.0 Å². The summed E-state index contributed by atoms with van der Waals surface area (Å²) in [5, 5.41) is 2.70. The molecule has 3 nitrogen and oxygen atoms in total. The maximum absolute atomic E-state index is 13.5. The van der Waals surface area contributed by atoms with Crippen LogP contribution >= 0.6 is 15.9 Å². The summed E-state index contributed by atoms with van der Waals surface area (Å²) in [6, 6.07) is 9.26. The average molecular weight is 334 g/mol. The molecule has 100 valence electrons. The molecule has 0 atom stereocenters. The van der Waals surface area contributed by atoms with Gasteiger partial charge in [0.05, 0.1) is 10.9 Å². The van der Waals surface area contributed by atoms with Crippen LogP contribution in [0.4, 0.5) is 10.1 Å². The summed E-state index contributed by atoms with van der Waals surface area (Å²) in [4.78, 5) is 23.6. The highest BCUT2D eigenvalue weighted by molar-refractivity contribution is 9.10. The lowest BCUT2D eigenvalue weighted by Crippen LogP contribution is -2.03. The lowest BCUT2D eigenvalue weighted by atomic mass is 10.0. The molecule has 0 unspecified atom stereocenters. The van der Waals surface area contributed by atoms with Gasteiger partial charge < -0.3 is 5.32 Å². The van der Waals surface area contributed by atoms with Crippen LogP contribution in [0, 0.1) is 5.82 Å². The molecule has 0 aromatic heterocycles. The summed E-state index contributed by atoms with van der Waals surface area (Å²) in [5.41, 5.74) is 2.25. The van der Waals surface area contributed by atoms with E-state index in [4.69, 9.17) is 0 Å². The normalized spacial score (nSPS) is 13.0. The molecule has 1 N–H and O–H groups in total. The highest BCUT2D eigenvalue weighted by Crippen LogP contribution is 2.25. The average Bonchev–Trinajstić information content (AvgIpc) is 2.80. The Kier molecular flexibility index (Phi) is 3.14. The molecule has 5 heteroatoms. The number of carbonyl (C=O) groups is 2. The van der Waals surface area contributed by atoms with Crippen molar-refractivity contribution in [3.8, 4) is 0 Å². The minimum absolute atomic E-state index is 0.0840. The predicted octanol–water partition coefficient (Wildman–Crippen LogP) is 3.31. The first-order valence-corrected chi connectivity index (χ1v) is 6.76. The Labute approximate surface area is 122 Å². The topological polar surface area (TPSA) is 46.2 Å². The van der Waals surface area contributed by atoms with Crippen LogP contribution in [0.1, 0.15) is 21.5 Å². The largest absolute Gasteiger partial charge is 0.326 e. The Morgan fingerprint density at radius 1 is 1.15 bits per heavy atom. The maximum Gasteiger partial charge on any atom is 0.228 e. The number of halogens is 2. The minimum Gasteiger partial charge on any atom is -0.326 e. The second-order valence-corrected chi connectivity index (χ2v) is 5.41. The van der Waals surface area contributed by atoms with E-state index in [1.54, 1.807) is 24.3 Å². The van der Waals surface area contributed by atoms with Crippen molar-refractivity contribution in [2.24, 2.45) is 0 Å². The van der Waals surface area contributed by atoms with Gasteiger partial charge in [-0.15, -0.1) is 0 Å². The fourth-order valence-corrected chi connectivity index (χ4v) is 2.42. The second kappa shape index (κ2) is 4.83. The molecule has 0 aliphatic carbocycles. The number of rotatable bonds is 2. The standard InChI is InChI=1S/C15H9BrFNO2/c16-11-3-1-9(6-12(11)17)15(20)8-2-4-13-10(5-8)7-14(19)18-13/h1-6H,7H2,(H,18,19). The minimum atomic E-state index is -0.478. The van der Waals surface area contributed by atoms with E-state index in [2.05, 4.69) is 21.2 Å². The molecule has 1 aliphatic rings. The zero-order chi connectivity index (χ0) is 14.3. The van der Waals surface area contributed by atoms with Gasteiger partial charge in [0.25, 0.3) is 0 Å². The van der Waals surface area contributed by atoms with Crippen LogP contribution in [0.3, 0.4) is 0 Å². The third kappa shape index (κ3) is 2.25. The number of ketones is 1. The van der Waals surface area contributed by atoms with Crippen molar-refractivity contribution in [2.75, 3.05) is 5.32 Å². The Morgan fingerprint density at radius 3 is 2.60 bits per heavy atom. The van der Waals surface area contributed by atoms with Crippen LogP contribution in [-0.4, -0.2) is 11.7 Å². The van der Waals surface area contributed by atoms with E-state index >= 15 is 0 Å². The van der Waals surface area contributed by atoms with Gasteiger partial charge in [0, 0.05) is 16.8 Å². The fraction of sp³-hybridized carbons (Fsp3) is 0.0667. The van der Waals surface area contributed by atoms with Gasteiger partial charge in [-0.25, -0.2) is 4.39 Å². The van der Waals surface area contributed by atoms with Crippen molar-refractivity contribution in [1.29, 1.82) is 0 Å². The Balaban J connectivity index is 1.97. The second-order valence-electron chi connectivity index (χ2n) is 4.55. The van der Waals surface area contributed by atoms with Gasteiger partial charge in [-0.2, -0.15) is 0 Å². The molecule has 1 heterocycles. The quantitative estimate of drug-likeness (QED) is 0.857. The van der Waals surface area contributed by atoms with Gasteiger partial charge in [0.1, 0.15) is 5.82 Å². The molecule has 0 bridgehead atoms. The van der Waals surface area contributed by atoms with Gasteiger partial charge >= 0.3 is 0 Å². The number of amides is 1. The zero-order valence-electron chi connectivity index (χ0n) is 10.2. The summed E-state index contributed by atoms with van der Waals surface area (Å²) >= 11 is 3.05. The van der Waals surface area contributed by atoms with E-state index in [0.717, 1.165) is 11.3 Å². The fourth-order valence-electron chi connectivity index (χ4n) is 2.17. The predicted molar refractivity (Wildman–Crippen MR) is 76.3 cm³/mol. The number of fused-ring (bicyclic) bond motifs is 1. The first-order chi connectivity index (χ1) is 9.54. The SMILES string of the molecule is O=C1Cc2cc(C(=O)c3ccc(Br)c(F)c3)ccc2N1. The van der Waals surface area contributed by atoms with Crippen LogP contribution < -0.4 is 5.32 Å². The molecule has 1 aliphatic heterocycles. The van der Waals surface area contributed by atoms with Gasteiger partial charge in [0.15, 0.2) is 5.78 Å². The van der Waals surface area contributed by atoms with Crippen LogP contribution in [-0.2, 0) is 11.2 Å². The summed E-state index contributed by atoms with van der Waals surface area (Å²) < 4.78 is 13.8. The monoisotopic (exact) mass is 333 g/mol. The van der Waals surface area contributed by atoms with Crippen LogP contribution in [0.2, 0.25) is 0 Å². The number of carbonyl (C=O) groups excluding carboxylic acids is 2. The van der Waals surface area contributed by atoms with Gasteiger partial charge in [-0.3, -0.25) is 9.59 Å². The number of hydrogen-bond donors (Lipinski definition) is 1. The third-order valence-corrected chi connectivity index (χ3v) is 3.82. The van der Waals surface area contributed by atoms with E-state index in [1.807, 2.05) is 0 Å². The lowest BCUT2D eigenvalue weighted by molar-refractivity contribution is -0.115. The molecule has 3 rings (SSSR count). The van der Waals surface area contributed by atoms with Crippen LogP contribution in [0.25, 0.3) is 0 Å². The molecule has 0 saturated heterocycles. The van der Waals surface area contributed by atoms with Gasteiger partial charge in [-0.1, -0.05) is 0 Å². The molecule has 0 spiro atoms. The molecule has 0 saturated carbocycles. The summed E-state index contributed by atoms with van der Waals surface area (Å²) in [6.07, 6.45) is 0.269. The summed E-state index contributed by atoms with van der Waals surface area (Å²) in [5.74, 6) is -0.827. The summed E-state index contributed by atoms with van der Waals surface area (Å²) in [7, 11) is 0. The zero-order valence-corrected chi connectivity index (χ0v) is 11.8. The van der Waals surface area contributed by atoms with Gasteiger partial charge in [0.2, 0.25) is 5.91 Å². The molecular formula is C15H9BrFNO2. The highest BCUT2D eigenvalue weighted by atomic mass is 79.9. The van der Waals surface area contributed by atoms with E-state index < -0.39 is 5.82 Å². The van der Waals surface area contributed by atoms with Crippen LogP contribution in [0.15, 0.2) is 40.9 Å².